The molecule has 1 N–H and O–H groups in total. The van der Waals surface area contributed by atoms with Gasteiger partial charge in [-0.2, -0.15) is 0 Å². The predicted octanol–water partition coefficient (Wildman–Crippen LogP) is 3.44. The maximum Gasteiger partial charge on any atom is 0.225 e. The molecule has 1 aromatic heterocycles. The van der Waals surface area contributed by atoms with Crippen LogP contribution in [0.1, 0.15) is 64.1 Å². The molecule has 1 saturated heterocycles. The van der Waals surface area contributed by atoms with E-state index in [0.717, 1.165) is 24.7 Å². The van der Waals surface area contributed by atoms with Gasteiger partial charge in [0.05, 0.1) is 0 Å². The lowest BCUT2D eigenvalue weighted by Gasteiger charge is -2.29. The highest BCUT2D eigenvalue weighted by molar-refractivity contribution is 5.34. The molecule has 1 atom stereocenters. The Labute approximate surface area is 129 Å². The van der Waals surface area contributed by atoms with Gasteiger partial charge in [0.15, 0.2) is 0 Å². The highest BCUT2D eigenvalue weighted by Crippen LogP contribution is 2.23. The van der Waals surface area contributed by atoms with Crippen molar-refractivity contribution in [3.8, 4) is 0 Å². The fourth-order valence-electron chi connectivity index (χ4n) is 2.97. The van der Waals surface area contributed by atoms with E-state index in [4.69, 9.17) is 4.98 Å². The first-order valence-electron chi connectivity index (χ1n) is 8.44. The fourth-order valence-corrected chi connectivity index (χ4v) is 2.97. The fraction of sp³-hybridized carbons (Fsp3) is 0.765. The number of hydrogen-bond acceptors (Lipinski definition) is 4. The van der Waals surface area contributed by atoms with Crippen LogP contribution in [0.25, 0.3) is 0 Å². The van der Waals surface area contributed by atoms with Crippen LogP contribution in [-0.4, -0.2) is 28.6 Å². The molecular formula is C17H30N4. The van der Waals surface area contributed by atoms with E-state index in [1.165, 1.54) is 37.7 Å². The SMILES string of the molecule is CCC1CCCCCN1c1ncc(CNC(C)C)c(C)n1. The molecule has 0 amide bonds. The molecule has 0 radical (unpaired) electrons. The number of hydrogen-bond donors (Lipinski definition) is 1. The van der Waals surface area contributed by atoms with Crippen LogP contribution >= 0.6 is 0 Å². The standard InChI is InChI=1S/C17H30N4/c1-5-16-9-7-6-8-10-21(16)17-19-12-15(14(4)20-17)11-18-13(2)3/h12-13,16,18H,5-11H2,1-4H3. The number of aryl methyl sites for hydroxylation is 1. The van der Waals surface area contributed by atoms with Gasteiger partial charge in [-0.1, -0.05) is 33.6 Å². The van der Waals surface area contributed by atoms with Gasteiger partial charge in [0.1, 0.15) is 0 Å². The van der Waals surface area contributed by atoms with Crippen molar-refractivity contribution >= 4 is 5.95 Å². The Kier molecular flexibility index (Phi) is 5.97. The summed E-state index contributed by atoms with van der Waals surface area (Å²) in [6, 6.07) is 1.09. The summed E-state index contributed by atoms with van der Waals surface area (Å²) in [5.41, 5.74) is 2.31. The van der Waals surface area contributed by atoms with Gasteiger partial charge >= 0.3 is 0 Å². The van der Waals surface area contributed by atoms with Crippen LogP contribution < -0.4 is 10.2 Å². The highest BCUT2D eigenvalue weighted by atomic mass is 15.3. The van der Waals surface area contributed by atoms with Gasteiger partial charge in [-0.15, -0.1) is 0 Å². The first-order valence-corrected chi connectivity index (χ1v) is 8.44. The number of nitrogens with one attached hydrogen (secondary N) is 1. The minimum atomic E-state index is 0.485. The van der Waals surface area contributed by atoms with Crippen molar-refractivity contribution in [3.05, 3.63) is 17.5 Å². The zero-order valence-corrected chi connectivity index (χ0v) is 14.0. The van der Waals surface area contributed by atoms with Crippen LogP contribution in [0.2, 0.25) is 0 Å². The number of anilines is 1. The molecule has 1 fully saturated rings. The zero-order valence-electron chi connectivity index (χ0n) is 14.0. The van der Waals surface area contributed by atoms with Crippen LogP contribution in [0, 0.1) is 6.92 Å². The Balaban J connectivity index is 2.13. The molecule has 2 rings (SSSR count). The van der Waals surface area contributed by atoms with Crippen LogP contribution in [-0.2, 0) is 6.54 Å². The molecule has 0 spiro atoms. The first-order chi connectivity index (χ1) is 10.1. The molecule has 118 valence electrons. The molecule has 0 saturated carbocycles. The first kappa shape index (κ1) is 16.2. The monoisotopic (exact) mass is 290 g/mol. The summed E-state index contributed by atoms with van der Waals surface area (Å²) in [5.74, 6) is 0.926. The lowest BCUT2D eigenvalue weighted by Crippen LogP contribution is -2.36. The van der Waals surface area contributed by atoms with Crippen molar-refractivity contribution in [3.63, 3.8) is 0 Å². The summed E-state index contributed by atoms with van der Waals surface area (Å²) < 4.78 is 0. The van der Waals surface area contributed by atoms with E-state index in [2.05, 4.69) is 42.9 Å². The summed E-state index contributed by atoms with van der Waals surface area (Å²) in [4.78, 5) is 11.9. The second kappa shape index (κ2) is 7.74. The number of nitrogens with zero attached hydrogens (tertiary/aromatic N) is 3. The summed E-state index contributed by atoms with van der Waals surface area (Å²) in [6.45, 7) is 10.6. The van der Waals surface area contributed by atoms with Crippen molar-refractivity contribution in [2.75, 3.05) is 11.4 Å². The van der Waals surface area contributed by atoms with Crippen molar-refractivity contribution in [2.45, 2.75) is 78.4 Å². The Morgan fingerprint density at radius 2 is 2.14 bits per heavy atom. The van der Waals surface area contributed by atoms with Crippen molar-refractivity contribution in [1.82, 2.24) is 15.3 Å². The molecule has 1 aromatic rings. The third-order valence-electron chi connectivity index (χ3n) is 4.37. The van der Waals surface area contributed by atoms with Gasteiger partial charge in [0, 0.05) is 42.6 Å². The molecule has 1 unspecified atom stereocenters. The van der Waals surface area contributed by atoms with E-state index in [9.17, 15) is 0 Å². The van der Waals surface area contributed by atoms with Gasteiger partial charge in [0.2, 0.25) is 5.95 Å². The smallest absolute Gasteiger partial charge is 0.225 e. The Hall–Kier alpha value is -1.16. The van der Waals surface area contributed by atoms with E-state index in [1.807, 2.05) is 6.20 Å². The maximum atomic E-state index is 4.79. The van der Waals surface area contributed by atoms with E-state index >= 15 is 0 Å². The van der Waals surface area contributed by atoms with E-state index in [1.54, 1.807) is 0 Å². The van der Waals surface area contributed by atoms with Crippen LogP contribution in [0.5, 0.6) is 0 Å². The zero-order chi connectivity index (χ0) is 15.2. The summed E-state index contributed by atoms with van der Waals surface area (Å²) >= 11 is 0. The van der Waals surface area contributed by atoms with Crippen molar-refractivity contribution < 1.29 is 0 Å². The third-order valence-corrected chi connectivity index (χ3v) is 4.37. The molecule has 21 heavy (non-hydrogen) atoms. The topological polar surface area (TPSA) is 41.1 Å². The Morgan fingerprint density at radius 3 is 2.81 bits per heavy atom. The van der Waals surface area contributed by atoms with E-state index in [-0.39, 0.29) is 0 Å². The van der Waals surface area contributed by atoms with Crippen LogP contribution in [0.15, 0.2) is 6.20 Å². The maximum absolute atomic E-state index is 4.79. The largest absolute Gasteiger partial charge is 0.338 e. The number of rotatable bonds is 5. The summed E-state index contributed by atoms with van der Waals surface area (Å²) in [5, 5.41) is 3.44. The van der Waals surface area contributed by atoms with Gasteiger partial charge in [-0.05, 0) is 26.2 Å². The lowest BCUT2D eigenvalue weighted by atomic mass is 10.1. The average Bonchev–Trinajstić information content (AvgIpc) is 2.70. The second-order valence-corrected chi connectivity index (χ2v) is 6.42. The van der Waals surface area contributed by atoms with Crippen molar-refractivity contribution in [2.24, 2.45) is 0 Å². The molecule has 0 bridgehead atoms. The quantitative estimate of drug-likeness (QED) is 0.902. The van der Waals surface area contributed by atoms with Gasteiger partial charge in [0.25, 0.3) is 0 Å². The molecule has 0 aliphatic carbocycles. The van der Waals surface area contributed by atoms with E-state index < -0.39 is 0 Å². The molecular weight excluding hydrogens is 260 g/mol. The molecule has 1 aliphatic rings. The molecule has 0 aromatic carbocycles. The third kappa shape index (κ3) is 4.40. The Morgan fingerprint density at radius 1 is 1.33 bits per heavy atom. The minimum absolute atomic E-state index is 0.485. The predicted molar refractivity (Wildman–Crippen MR) is 88.6 cm³/mol. The average molecular weight is 290 g/mol. The minimum Gasteiger partial charge on any atom is -0.338 e. The van der Waals surface area contributed by atoms with Crippen LogP contribution in [0.3, 0.4) is 0 Å². The summed E-state index contributed by atoms with van der Waals surface area (Å²) in [6.07, 6.45) is 8.39. The van der Waals surface area contributed by atoms with Gasteiger partial charge in [-0.3, -0.25) is 0 Å². The molecule has 1 aliphatic heterocycles. The molecule has 4 heteroatoms. The normalized spacial score (nSPS) is 19.9. The van der Waals surface area contributed by atoms with E-state index in [0.29, 0.717) is 12.1 Å². The molecule has 4 nitrogen and oxygen atoms in total. The molecule has 2 heterocycles. The Bertz CT molecular complexity index is 444. The van der Waals surface area contributed by atoms with Gasteiger partial charge in [-0.25, -0.2) is 9.97 Å². The van der Waals surface area contributed by atoms with Gasteiger partial charge < -0.3 is 10.2 Å². The highest BCUT2D eigenvalue weighted by Gasteiger charge is 2.22. The second-order valence-electron chi connectivity index (χ2n) is 6.42. The van der Waals surface area contributed by atoms with Crippen molar-refractivity contribution in [1.29, 1.82) is 0 Å². The lowest BCUT2D eigenvalue weighted by molar-refractivity contribution is 0.545. The van der Waals surface area contributed by atoms with Crippen LogP contribution in [0.4, 0.5) is 5.95 Å². The summed E-state index contributed by atoms with van der Waals surface area (Å²) in [7, 11) is 0. The number of aromatic nitrogens is 2.